The van der Waals surface area contributed by atoms with Crippen molar-refractivity contribution in [1.29, 1.82) is 0 Å². The minimum atomic E-state index is -0.336. The molecule has 0 aromatic carbocycles. The van der Waals surface area contributed by atoms with Gasteiger partial charge in [-0.1, -0.05) is 0 Å². The Balaban J connectivity index is 2.02. The van der Waals surface area contributed by atoms with Gasteiger partial charge in [0.05, 0.1) is 12.3 Å². The normalized spacial score (nSPS) is 33.5. The molecule has 3 rings (SSSR count). The lowest BCUT2D eigenvalue weighted by molar-refractivity contribution is 0.0175. The monoisotopic (exact) mass is 278 g/mol. The quantitative estimate of drug-likeness (QED) is 0.803. The molecule has 0 unspecified atom stereocenters. The average Bonchev–Trinajstić information content (AvgIpc) is 2.92. The molecule has 7 heteroatoms. The number of hydrogen-bond donors (Lipinski definition) is 2. The van der Waals surface area contributed by atoms with Crippen molar-refractivity contribution in [2.75, 3.05) is 14.1 Å². The number of amides is 4. The van der Waals surface area contributed by atoms with Crippen LogP contribution in [0.1, 0.15) is 18.7 Å². The summed E-state index contributed by atoms with van der Waals surface area (Å²) < 4.78 is 5.50. The lowest BCUT2D eigenvalue weighted by atomic mass is 9.83. The summed E-state index contributed by atoms with van der Waals surface area (Å²) in [7, 11) is 3.42. The van der Waals surface area contributed by atoms with E-state index in [0.29, 0.717) is 0 Å². The topological polar surface area (TPSA) is 77.8 Å². The Morgan fingerprint density at radius 1 is 1.15 bits per heavy atom. The van der Waals surface area contributed by atoms with Gasteiger partial charge < -0.3 is 24.9 Å². The van der Waals surface area contributed by atoms with Crippen molar-refractivity contribution in [3.05, 3.63) is 24.2 Å². The van der Waals surface area contributed by atoms with E-state index in [0.717, 1.165) is 5.76 Å². The Morgan fingerprint density at radius 3 is 2.50 bits per heavy atom. The molecule has 2 aliphatic heterocycles. The van der Waals surface area contributed by atoms with Crippen LogP contribution in [0.25, 0.3) is 0 Å². The van der Waals surface area contributed by atoms with E-state index in [-0.39, 0.29) is 36.2 Å². The van der Waals surface area contributed by atoms with E-state index in [1.807, 2.05) is 13.0 Å². The lowest BCUT2D eigenvalue weighted by Gasteiger charge is -2.51. The Labute approximate surface area is 116 Å². The number of furan rings is 1. The Kier molecular flexibility index (Phi) is 2.84. The predicted octanol–water partition coefficient (Wildman–Crippen LogP) is 0.961. The summed E-state index contributed by atoms with van der Waals surface area (Å²) in [5, 5.41) is 5.80. The van der Waals surface area contributed by atoms with Crippen LogP contribution in [0.4, 0.5) is 9.59 Å². The van der Waals surface area contributed by atoms with Gasteiger partial charge in [0.1, 0.15) is 11.9 Å². The number of urea groups is 2. The van der Waals surface area contributed by atoms with Gasteiger partial charge in [-0.25, -0.2) is 9.59 Å². The van der Waals surface area contributed by atoms with Crippen LogP contribution in [-0.4, -0.2) is 48.2 Å². The fourth-order valence-corrected chi connectivity index (χ4v) is 3.14. The first kappa shape index (κ1) is 12.8. The van der Waals surface area contributed by atoms with Gasteiger partial charge in [-0.15, -0.1) is 0 Å². The van der Waals surface area contributed by atoms with Crippen molar-refractivity contribution >= 4 is 12.1 Å². The molecule has 0 spiro atoms. The Hall–Kier alpha value is -2.18. The molecule has 7 nitrogen and oxygen atoms in total. The van der Waals surface area contributed by atoms with E-state index in [1.165, 1.54) is 4.90 Å². The largest absolute Gasteiger partial charge is 0.467 e. The molecule has 3 heterocycles. The van der Waals surface area contributed by atoms with Crippen LogP contribution in [0.2, 0.25) is 0 Å². The molecule has 0 saturated carbocycles. The second-order valence-electron chi connectivity index (χ2n) is 5.39. The SMILES string of the molecule is C[C@@H]1NC(=O)N(C)[C@@H]2NC(=O)N(C)[C@H](c3ccco3)[C@@H]12. The summed E-state index contributed by atoms with van der Waals surface area (Å²) in [6.45, 7) is 1.95. The Bertz CT molecular complexity index is 530. The van der Waals surface area contributed by atoms with E-state index >= 15 is 0 Å². The van der Waals surface area contributed by atoms with Crippen LogP contribution in [0, 0.1) is 5.92 Å². The Morgan fingerprint density at radius 2 is 1.85 bits per heavy atom. The van der Waals surface area contributed by atoms with Crippen LogP contribution in [0.5, 0.6) is 0 Å². The van der Waals surface area contributed by atoms with Crippen molar-refractivity contribution in [1.82, 2.24) is 20.4 Å². The number of rotatable bonds is 1. The first-order chi connectivity index (χ1) is 9.50. The summed E-state index contributed by atoms with van der Waals surface area (Å²) in [5.41, 5.74) is 0. The van der Waals surface area contributed by atoms with Crippen LogP contribution in [0.3, 0.4) is 0 Å². The molecule has 20 heavy (non-hydrogen) atoms. The summed E-state index contributed by atoms with van der Waals surface area (Å²) in [6.07, 6.45) is 1.26. The summed E-state index contributed by atoms with van der Waals surface area (Å²) in [6, 6.07) is 3.01. The average molecular weight is 278 g/mol. The van der Waals surface area contributed by atoms with Crippen LogP contribution in [0.15, 0.2) is 22.8 Å². The molecule has 0 radical (unpaired) electrons. The first-order valence-corrected chi connectivity index (χ1v) is 6.60. The molecule has 1 aromatic rings. The highest BCUT2D eigenvalue weighted by Crippen LogP contribution is 2.38. The van der Waals surface area contributed by atoms with Crippen molar-refractivity contribution in [2.45, 2.75) is 25.2 Å². The molecular weight excluding hydrogens is 260 g/mol. The molecule has 0 bridgehead atoms. The van der Waals surface area contributed by atoms with Crippen molar-refractivity contribution in [2.24, 2.45) is 5.92 Å². The van der Waals surface area contributed by atoms with E-state index in [2.05, 4.69) is 10.6 Å². The van der Waals surface area contributed by atoms with Crippen molar-refractivity contribution in [3.8, 4) is 0 Å². The van der Waals surface area contributed by atoms with Gasteiger partial charge in [-0.05, 0) is 19.1 Å². The third-order valence-electron chi connectivity index (χ3n) is 4.24. The van der Waals surface area contributed by atoms with Crippen LogP contribution in [-0.2, 0) is 0 Å². The highest BCUT2D eigenvalue weighted by Gasteiger charge is 2.50. The number of nitrogens with one attached hydrogen (secondary N) is 2. The molecule has 2 saturated heterocycles. The van der Waals surface area contributed by atoms with E-state index in [1.54, 1.807) is 31.3 Å². The van der Waals surface area contributed by atoms with E-state index < -0.39 is 0 Å². The minimum Gasteiger partial charge on any atom is -0.467 e. The number of hydrogen-bond acceptors (Lipinski definition) is 3. The molecule has 2 fully saturated rings. The number of carbonyl (C=O) groups is 2. The highest BCUT2D eigenvalue weighted by molar-refractivity contribution is 5.80. The van der Waals surface area contributed by atoms with Gasteiger partial charge in [0.2, 0.25) is 0 Å². The highest BCUT2D eigenvalue weighted by atomic mass is 16.3. The number of nitrogens with zero attached hydrogens (tertiary/aromatic N) is 2. The smallest absolute Gasteiger partial charge is 0.319 e. The standard InChI is InChI=1S/C13H18N4O3/c1-7-9-10(8-5-4-6-20-8)16(2)13(19)15-11(9)17(3)12(18)14-7/h4-7,9-11H,1-3H3,(H,14,18)(H,15,19)/t7-,9+,10+,11-/m0/s1. The maximum Gasteiger partial charge on any atom is 0.319 e. The second-order valence-corrected chi connectivity index (χ2v) is 5.39. The fourth-order valence-electron chi connectivity index (χ4n) is 3.14. The maximum atomic E-state index is 12.1. The lowest BCUT2D eigenvalue weighted by Crippen LogP contribution is -2.71. The maximum absolute atomic E-state index is 12.1. The van der Waals surface area contributed by atoms with E-state index in [9.17, 15) is 9.59 Å². The zero-order valence-corrected chi connectivity index (χ0v) is 11.7. The third kappa shape index (κ3) is 1.73. The predicted molar refractivity (Wildman–Crippen MR) is 70.8 cm³/mol. The number of carbonyl (C=O) groups excluding carboxylic acids is 2. The molecule has 2 N–H and O–H groups in total. The zero-order valence-electron chi connectivity index (χ0n) is 11.7. The van der Waals surface area contributed by atoms with Gasteiger partial charge in [0.25, 0.3) is 0 Å². The first-order valence-electron chi connectivity index (χ1n) is 6.60. The van der Waals surface area contributed by atoms with Gasteiger partial charge in [-0.3, -0.25) is 0 Å². The molecular formula is C13H18N4O3. The molecule has 4 amide bonds. The van der Waals surface area contributed by atoms with Crippen molar-refractivity contribution < 1.29 is 14.0 Å². The van der Waals surface area contributed by atoms with Gasteiger partial charge in [-0.2, -0.15) is 0 Å². The van der Waals surface area contributed by atoms with Crippen molar-refractivity contribution in [3.63, 3.8) is 0 Å². The molecule has 2 aliphatic rings. The molecule has 108 valence electrons. The van der Waals surface area contributed by atoms with Gasteiger partial charge in [0.15, 0.2) is 0 Å². The summed E-state index contributed by atoms with van der Waals surface area (Å²) >= 11 is 0. The van der Waals surface area contributed by atoms with Crippen LogP contribution >= 0.6 is 0 Å². The van der Waals surface area contributed by atoms with Gasteiger partial charge in [0, 0.05) is 26.1 Å². The van der Waals surface area contributed by atoms with Crippen LogP contribution < -0.4 is 10.6 Å². The molecule has 4 atom stereocenters. The molecule has 1 aromatic heterocycles. The zero-order chi connectivity index (χ0) is 14.4. The fraction of sp³-hybridized carbons (Fsp3) is 0.538. The summed E-state index contributed by atoms with van der Waals surface area (Å²) in [4.78, 5) is 27.2. The van der Waals surface area contributed by atoms with Gasteiger partial charge >= 0.3 is 12.1 Å². The second kappa shape index (κ2) is 4.43. The van der Waals surface area contributed by atoms with E-state index in [4.69, 9.17) is 4.42 Å². The molecule has 0 aliphatic carbocycles. The minimum absolute atomic E-state index is 0.00606. The summed E-state index contributed by atoms with van der Waals surface area (Å²) in [5.74, 6) is 0.736. The third-order valence-corrected chi connectivity index (χ3v) is 4.24. The number of fused-ring (bicyclic) bond motifs is 1.